The van der Waals surface area contributed by atoms with Crippen molar-refractivity contribution < 1.29 is 47.8 Å². The number of esters is 1. The molecular weight excluding hydrogens is 546 g/mol. The lowest BCUT2D eigenvalue weighted by atomic mass is 10.0. The fraction of sp³-hybridized carbons (Fsp3) is 0.476. The topological polar surface area (TPSA) is 184 Å². The Morgan fingerprint density at radius 1 is 1.32 bits per heavy atom. The number of hydrogen-bond donors (Lipinski definition) is 2. The van der Waals surface area contributed by atoms with Crippen LogP contribution in [-0.4, -0.2) is 96.8 Å². The number of hydrogen-bond acceptors (Lipinski definition) is 14. The van der Waals surface area contributed by atoms with E-state index in [-0.39, 0.29) is 35.4 Å². The number of fused-ring (bicyclic) bond motifs is 1. The van der Waals surface area contributed by atoms with Gasteiger partial charge < -0.3 is 34.4 Å². The average molecular weight is 572 g/mol. The molecule has 206 valence electrons. The first kappa shape index (κ1) is 28.9. The third-order valence-electron chi connectivity index (χ3n) is 4.97. The molecular formula is C21H25N5O10S2. The highest BCUT2D eigenvalue weighted by Crippen LogP contribution is 2.41. The number of carbonyl (C=O) groups excluding carboxylic acids is 5. The molecule has 3 atom stereocenters. The predicted octanol–water partition coefficient (Wildman–Crippen LogP) is 0.425. The Morgan fingerprint density at radius 3 is 2.74 bits per heavy atom. The highest BCUT2D eigenvalue weighted by molar-refractivity contribution is 8.00. The molecule has 3 rings (SSSR count). The molecule has 0 bridgehead atoms. The summed E-state index contributed by atoms with van der Waals surface area (Å²) < 4.78 is 19.9. The summed E-state index contributed by atoms with van der Waals surface area (Å²) >= 11 is 2.37. The molecule has 1 saturated heterocycles. The smallest absolute Gasteiger partial charge is 0.435 e. The normalized spacial score (nSPS) is 19.5. The van der Waals surface area contributed by atoms with Crippen LogP contribution in [0.15, 0.2) is 21.8 Å². The number of aromatic nitrogens is 1. The quantitative estimate of drug-likeness (QED) is 0.0882. The third-order valence-corrected chi connectivity index (χ3v) is 7.08. The molecule has 0 spiro atoms. The fourth-order valence-corrected chi connectivity index (χ4v) is 5.46. The molecule has 3 amide bonds. The molecule has 0 saturated carbocycles. The second-order valence-electron chi connectivity index (χ2n) is 7.44. The minimum atomic E-state index is -1.29. The van der Waals surface area contributed by atoms with Crippen molar-refractivity contribution in [1.82, 2.24) is 15.2 Å². The fourth-order valence-electron chi connectivity index (χ4n) is 3.48. The Labute approximate surface area is 224 Å². The molecule has 0 aromatic carbocycles. The lowest BCUT2D eigenvalue weighted by molar-refractivity contribution is -0.169. The first-order chi connectivity index (χ1) is 18.2. The van der Waals surface area contributed by atoms with Crippen LogP contribution in [0.5, 0.6) is 0 Å². The van der Waals surface area contributed by atoms with E-state index >= 15 is 0 Å². The molecule has 1 fully saturated rings. The van der Waals surface area contributed by atoms with Crippen LogP contribution in [0.3, 0.4) is 0 Å². The SMILES string of the molecule is CCOC(=O)OC(C)OC(=O)C1=C(COC)CS[C@@H]2C(NC(=O)/C(=N\OC)c3csc(NC=O)n3)C(=O)N12. The summed E-state index contributed by atoms with van der Waals surface area (Å²) in [7, 11) is 2.68. The molecule has 2 aliphatic rings. The van der Waals surface area contributed by atoms with E-state index in [9.17, 15) is 24.0 Å². The number of β-lactam (4-membered cyclic amide) rings is 1. The lowest BCUT2D eigenvalue weighted by Gasteiger charge is -2.49. The number of amides is 3. The number of nitrogens with one attached hydrogen (secondary N) is 2. The molecule has 2 N–H and O–H groups in total. The molecule has 2 unspecified atom stereocenters. The van der Waals surface area contributed by atoms with E-state index in [1.165, 1.54) is 43.2 Å². The number of oxime groups is 1. The Bertz CT molecular complexity index is 1150. The zero-order valence-corrected chi connectivity index (χ0v) is 22.4. The highest BCUT2D eigenvalue weighted by atomic mass is 32.2. The van der Waals surface area contributed by atoms with Crippen molar-refractivity contribution in [2.75, 3.05) is 38.5 Å². The van der Waals surface area contributed by atoms with Gasteiger partial charge in [0.2, 0.25) is 12.7 Å². The summed E-state index contributed by atoms with van der Waals surface area (Å²) in [5, 5.41) is 9.76. The van der Waals surface area contributed by atoms with Crippen molar-refractivity contribution >= 4 is 64.3 Å². The molecule has 2 aliphatic heterocycles. The van der Waals surface area contributed by atoms with Crippen molar-refractivity contribution in [2.24, 2.45) is 5.16 Å². The minimum Gasteiger partial charge on any atom is -0.435 e. The Hall–Kier alpha value is -3.70. The number of methoxy groups -OCH3 is 1. The minimum absolute atomic E-state index is 0.0453. The Balaban J connectivity index is 1.75. The van der Waals surface area contributed by atoms with E-state index in [1.807, 2.05) is 0 Å². The van der Waals surface area contributed by atoms with Crippen LogP contribution in [-0.2, 0) is 43.0 Å². The number of thioether (sulfide) groups is 1. The highest BCUT2D eigenvalue weighted by Gasteiger charge is 2.55. The van der Waals surface area contributed by atoms with Gasteiger partial charge in [-0.25, -0.2) is 14.6 Å². The molecule has 17 heteroatoms. The second kappa shape index (κ2) is 13.2. The molecule has 3 heterocycles. The van der Waals surface area contributed by atoms with Gasteiger partial charge >= 0.3 is 12.1 Å². The standard InChI is InChI=1S/C21H25N5O10S2/c1-5-34-21(31)36-10(2)35-19(30)15-11(6-32-3)7-37-18-14(17(29)26(15)18)24-16(28)13(25-33-4)12-8-38-20(23-12)22-9-27/h8-10,14,18H,5-7H2,1-4H3,(H,24,28)(H,22,23,27)/b25-13-/t10?,14?,18-/m1/s1. The van der Waals surface area contributed by atoms with Gasteiger partial charge in [-0.05, 0) is 12.5 Å². The average Bonchev–Trinajstić information content (AvgIpc) is 3.33. The van der Waals surface area contributed by atoms with Crippen LogP contribution in [0.2, 0.25) is 0 Å². The molecule has 38 heavy (non-hydrogen) atoms. The number of carbonyl (C=O) groups is 5. The molecule has 0 aliphatic carbocycles. The zero-order chi connectivity index (χ0) is 27.8. The van der Waals surface area contributed by atoms with E-state index in [1.54, 1.807) is 6.92 Å². The maximum Gasteiger partial charge on any atom is 0.511 e. The van der Waals surface area contributed by atoms with Crippen LogP contribution in [0, 0.1) is 0 Å². The van der Waals surface area contributed by atoms with Crippen LogP contribution in [0.4, 0.5) is 9.93 Å². The van der Waals surface area contributed by atoms with Gasteiger partial charge in [-0.1, -0.05) is 5.16 Å². The molecule has 0 radical (unpaired) electrons. The summed E-state index contributed by atoms with van der Waals surface area (Å²) in [6, 6.07) is -0.999. The summed E-state index contributed by atoms with van der Waals surface area (Å²) in [4.78, 5) is 71.4. The number of thiazole rings is 1. The maximum absolute atomic E-state index is 13.1. The van der Waals surface area contributed by atoms with Gasteiger partial charge in [0.1, 0.15) is 29.9 Å². The van der Waals surface area contributed by atoms with Gasteiger partial charge in [0.25, 0.3) is 11.8 Å². The van der Waals surface area contributed by atoms with E-state index in [0.29, 0.717) is 17.7 Å². The second-order valence-corrected chi connectivity index (χ2v) is 9.41. The monoisotopic (exact) mass is 571 g/mol. The van der Waals surface area contributed by atoms with Crippen molar-refractivity contribution in [1.29, 1.82) is 0 Å². The zero-order valence-electron chi connectivity index (χ0n) is 20.7. The van der Waals surface area contributed by atoms with Gasteiger partial charge in [-0.3, -0.25) is 19.3 Å². The predicted molar refractivity (Wildman–Crippen MR) is 133 cm³/mol. The molecule has 1 aromatic heterocycles. The van der Waals surface area contributed by atoms with Crippen LogP contribution in [0.25, 0.3) is 0 Å². The van der Waals surface area contributed by atoms with E-state index < -0.39 is 41.6 Å². The van der Waals surface area contributed by atoms with Crippen molar-refractivity contribution in [3.63, 3.8) is 0 Å². The van der Waals surface area contributed by atoms with E-state index in [4.69, 9.17) is 19.0 Å². The number of ether oxygens (including phenoxy) is 4. The van der Waals surface area contributed by atoms with Gasteiger partial charge in [0, 0.05) is 25.2 Å². The van der Waals surface area contributed by atoms with Crippen LogP contribution < -0.4 is 10.6 Å². The van der Waals surface area contributed by atoms with E-state index in [2.05, 4.69) is 25.5 Å². The van der Waals surface area contributed by atoms with Crippen molar-refractivity contribution in [3.8, 4) is 0 Å². The molecule has 15 nitrogen and oxygen atoms in total. The maximum atomic E-state index is 13.1. The van der Waals surface area contributed by atoms with E-state index in [0.717, 1.165) is 11.3 Å². The van der Waals surface area contributed by atoms with Gasteiger partial charge in [0.05, 0.1) is 13.2 Å². The van der Waals surface area contributed by atoms with Crippen molar-refractivity contribution in [3.05, 3.63) is 22.3 Å². The third kappa shape index (κ3) is 6.40. The summed E-state index contributed by atoms with van der Waals surface area (Å²) in [6.07, 6.45) is -1.86. The molecule has 1 aromatic rings. The van der Waals surface area contributed by atoms with Crippen molar-refractivity contribution in [2.45, 2.75) is 31.6 Å². The largest absolute Gasteiger partial charge is 0.511 e. The summed E-state index contributed by atoms with van der Waals surface area (Å²) in [6.45, 7) is 3.04. The Morgan fingerprint density at radius 2 is 2.08 bits per heavy atom. The number of anilines is 1. The summed E-state index contributed by atoms with van der Waals surface area (Å²) in [5.41, 5.74) is 0.343. The Kier molecular flexibility index (Phi) is 10.0. The van der Waals surface area contributed by atoms with Crippen LogP contribution >= 0.6 is 23.1 Å². The van der Waals surface area contributed by atoms with Gasteiger partial charge in [0.15, 0.2) is 10.8 Å². The van der Waals surface area contributed by atoms with Crippen LogP contribution in [0.1, 0.15) is 19.5 Å². The first-order valence-electron chi connectivity index (χ1n) is 11.0. The number of rotatable bonds is 12. The van der Waals surface area contributed by atoms with Gasteiger partial charge in [-0.2, -0.15) is 0 Å². The van der Waals surface area contributed by atoms with Gasteiger partial charge in [-0.15, -0.1) is 23.1 Å². The first-order valence-corrected chi connectivity index (χ1v) is 13.0. The lowest BCUT2D eigenvalue weighted by Crippen LogP contribution is -2.71. The summed E-state index contributed by atoms with van der Waals surface area (Å²) in [5.74, 6) is -1.93. The number of nitrogens with zero attached hydrogens (tertiary/aromatic N) is 3.